The first-order chi connectivity index (χ1) is 13.8. The van der Waals surface area contributed by atoms with Crippen molar-refractivity contribution in [3.8, 4) is 11.4 Å². The van der Waals surface area contributed by atoms with Crippen LogP contribution in [-0.2, 0) is 32.2 Å². The van der Waals surface area contributed by atoms with Gasteiger partial charge in [0.1, 0.15) is 0 Å². The summed E-state index contributed by atoms with van der Waals surface area (Å²) in [7, 11) is 0. The molecular weight excluding hydrogens is 364 g/mol. The van der Waals surface area contributed by atoms with Crippen LogP contribution in [0.25, 0.3) is 11.4 Å². The van der Waals surface area contributed by atoms with Gasteiger partial charge in [0, 0.05) is 12.4 Å². The SMILES string of the molecule is OCCOCCOCc1ccnc(-c2cc(COCCOCCO)ccn2)c1. The Morgan fingerprint density at radius 1 is 0.607 bits per heavy atom. The second-order valence-corrected chi connectivity index (χ2v) is 5.88. The minimum absolute atomic E-state index is 0.0162. The van der Waals surface area contributed by atoms with Crippen molar-refractivity contribution in [2.24, 2.45) is 0 Å². The van der Waals surface area contributed by atoms with Crippen LogP contribution in [0.4, 0.5) is 0 Å². The van der Waals surface area contributed by atoms with E-state index in [2.05, 4.69) is 9.97 Å². The molecule has 0 spiro atoms. The van der Waals surface area contributed by atoms with Gasteiger partial charge in [0.05, 0.1) is 77.5 Å². The van der Waals surface area contributed by atoms with Crippen LogP contribution in [0.1, 0.15) is 11.1 Å². The van der Waals surface area contributed by atoms with Gasteiger partial charge in [0.25, 0.3) is 0 Å². The van der Waals surface area contributed by atoms with Crippen molar-refractivity contribution in [2.75, 3.05) is 52.9 Å². The fourth-order valence-corrected chi connectivity index (χ4v) is 2.36. The minimum atomic E-state index is 0.0162. The Labute approximate surface area is 165 Å². The molecule has 8 nitrogen and oxygen atoms in total. The molecule has 0 radical (unpaired) electrons. The van der Waals surface area contributed by atoms with Gasteiger partial charge in [-0.3, -0.25) is 9.97 Å². The Morgan fingerprint density at radius 2 is 1.04 bits per heavy atom. The van der Waals surface area contributed by atoms with E-state index in [1.165, 1.54) is 0 Å². The molecule has 28 heavy (non-hydrogen) atoms. The van der Waals surface area contributed by atoms with E-state index < -0.39 is 0 Å². The lowest BCUT2D eigenvalue weighted by atomic mass is 10.1. The summed E-state index contributed by atoms with van der Waals surface area (Å²) in [5.74, 6) is 0. The number of hydrogen-bond donors (Lipinski definition) is 2. The number of aliphatic hydroxyl groups excluding tert-OH is 2. The Morgan fingerprint density at radius 3 is 1.46 bits per heavy atom. The van der Waals surface area contributed by atoms with E-state index in [0.717, 1.165) is 22.5 Å². The normalized spacial score (nSPS) is 11.1. The van der Waals surface area contributed by atoms with Gasteiger partial charge in [-0.15, -0.1) is 0 Å². The number of rotatable bonds is 15. The first kappa shape index (κ1) is 22.4. The van der Waals surface area contributed by atoms with Crippen molar-refractivity contribution in [3.63, 3.8) is 0 Å². The molecule has 0 saturated carbocycles. The Bertz CT molecular complexity index is 613. The maximum absolute atomic E-state index is 8.65. The van der Waals surface area contributed by atoms with Gasteiger partial charge in [0.15, 0.2) is 0 Å². The molecule has 0 aliphatic rings. The predicted molar refractivity (Wildman–Crippen MR) is 103 cm³/mol. The molecule has 2 heterocycles. The molecule has 2 aromatic rings. The smallest absolute Gasteiger partial charge is 0.0889 e. The number of aliphatic hydroxyl groups is 2. The number of pyridine rings is 2. The molecule has 2 N–H and O–H groups in total. The van der Waals surface area contributed by atoms with Crippen molar-refractivity contribution in [1.29, 1.82) is 0 Å². The molecule has 0 unspecified atom stereocenters. The monoisotopic (exact) mass is 392 g/mol. The first-order valence-corrected chi connectivity index (χ1v) is 9.26. The standard InChI is InChI=1S/C20H28N2O6/c23-5-7-25-9-11-27-15-17-1-3-21-19(13-17)20-14-18(2-4-22-20)16-28-12-10-26-8-6-24/h1-4,13-14,23-24H,5-12,15-16H2. The van der Waals surface area contributed by atoms with E-state index in [9.17, 15) is 0 Å². The molecule has 0 aliphatic heterocycles. The van der Waals surface area contributed by atoms with E-state index in [1.54, 1.807) is 12.4 Å². The van der Waals surface area contributed by atoms with Crippen LogP contribution >= 0.6 is 0 Å². The summed E-state index contributed by atoms with van der Waals surface area (Å²) in [6, 6.07) is 7.70. The Hall–Kier alpha value is -1.94. The molecule has 2 aromatic heterocycles. The van der Waals surface area contributed by atoms with Crippen molar-refractivity contribution in [1.82, 2.24) is 9.97 Å². The van der Waals surface area contributed by atoms with Gasteiger partial charge >= 0.3 is 0 Å². The Kier molecular flexibility index (Phi) is 11.3. The third-order valence-electron chi connectivity index (χ3n) is 3.66. The minimum Gasteiger partial charge on any atom is -0.394 e. The molecule has 0 aromatic carbocycles. The van der Waals surface area contributed by atoms with E-state index in [0.29, 0.717) is 52.9 Å². The maximum atomic E-state index is 8.65. The predicted octanol–water partition coefficient (Wildman–Crippen LogP) is 1.19. The highest BCUT2D eigenvalue weighted by molar-refractivity contribution is 5.55. The molecule has 2 rings (SSSR count). The lowest BCUT2D eigenvalue weighted by molar-refractivity contribution is 0.0274. The molecule has 154 valence electrons. The van der Waals surface area contributed by atoms with Crippen molar-refractivity contribution in [2.45, 2.75) is 13.2 Å². The topological polar surface area (TPSA) is 103 Å². The zero-order valence-corrected chi connectivity index (χ0v) is 16.0. The molecule has 0 atom stereocenters. The molecular formula is C20H28N2O6. The van der Waals surface area contributed by atoms with Crippen LogP contribution in [0.2, 0.25) is 0 Å². The largest absolute Gasteiger partial charge is 0.394 e. The van der Waals surface area contributed by atoms with Gasteiger partial charge in [-0.05, 0) is 35.4 Å². The van der Waals surface area contributed by atoms with Crippen LogP contribution < -0.4 is 0 Å². The molecule has 0 aliphatic carbocycles. The van der Waals surface area contributed by atoms with Gasteiger partial charge < -0.3 is 29.2 Å². The summed E-state index contributed by atoms with van der Waals surface area (Å²) in [5.41, 5.74) is 3.53. The number of nitrogens with zero attached hydrogens (tertiary/aromatic N) is 2. The average molecular weight is 392 g/mol. The molecule has 0 amide bonds. The molecule has 0 fully saturated rings. The van der Waals surface area contributed by atoms with Gasteiger partial charge in [-0.1, -0.05) is 0 Å². The fraction of sp³-hybridized carbons (Fsp3) is 0.500. The van der Waals surface area contributed by atoms with E-state index in [4.69, 9.17) is 29.2 Å². The lowest BCUT2D eigenvalue weighted by Gasteiger charge is -2.08. The number of hydrogen-bond acceptors (Lipinski definition) is 8. The highest BCUT2D eigenvalue weighted by Gasteiger charge is 2.05. The zero-order valence-electron chi connectivity index (χ0n) is 16.0. The van der Waals surface area contributed by atoms with Gasteiger partial charge in [0.2, 0.25) is 0 Å². The van der Waals surface area contributed by atoms with E-state index in [-0.39, 0.29) is 13.2 Å². The fourth-order valence-electron chi connectivity index (χ4n) is 2.36. The van der Waals surface area contributed by atoms with Crippen molar-refractivity contribution < 1.29 is 29.2 Å². The van der Waals surface area contributed by atoms with Gasteiger partial charge in [-0.2, -0.15) is 0 Å². The Balaban J connectivity index is 1.82. The highest BCUT2D eigenvalue weighted by atomic mass is 16.5. The van der Waals surface area contributed by atoms with Crippen molar-refractivity contribution in [3.05, 3.63) is 47.8 Å². The average Bonchev–Trinajstić information content (AvgIpc) is 2.73. The third-order valence-corrected chi connectivity index (χ3v) is 3.66. The summed E-state index contributed by atoms with van der Waals surface area (Å²) in [5, 5.41) is 17.3. The number of aromatic nitrogens is 2. The first-order valence-electron chi connectivity index (χ1n) is 9.26. The van der Waals surface area contributed by atoms with E-state index in [1.807, 2.05) is 24.3 Å². The lowest BCUT2D eigenvalue weighted by Crippen LogP contribution is -2.07. The van der Waals surface area contributed by atoms with E-state index >= 15 is 0 Å². The van der Waals surface area contributed by atoms with Gasteiger partial charge in [-0.25, -0.2) is 0 Å². The summed E-state index contributed by atoms with van der Waals surface area (Å²) < 4.78 is 21.5. The zero-order chi connectivity index (χ0) is 19.9. The quantitative estimate of drug-likeness (QED) is 0.436. The highest BCUT2D eigenvalue weighted by Crippen LogP contribution is 2.17. The van der Waals surface area contributed by atoms with Crippen molar-refractivity contribution >= 4 is 0 Å². The second-order valence-electron chi connectivity index (χ2n) is 5.88. The summed E-state index contributed by atoms with van der Waals surface area (Å²) in [6.45, 7) is 3.41. The maximum Gasteiger partial charge on any atom is 0.0889 e. The van der Waals surface area contributed by atoms with Crippen LogP contribution in [0.3, 0.4) is 0 Å². The summed E-state index contributed by atoms with van der Waals surface area (Å²) >= 11 is 0. The summed E-state index contributed by atoms with van der Waals surface area (Å²) in [4.78, 5) is 8.79. The summed E-state index contributed by atoms with van der Waals surface area (Å²) in [6.07, 6.45) is 3.47. The molecule has 8 heteroatoms. The van der Waals surface area contributed by atoms with Crippen LogP contribution in [-0.4, -0.2) is 73.0 Å². The second kappa shape index (κ2) is 14.1. The number of ether oxygens (including phenoxy) is 4. The van der Waals surface area contributed by atoms with Crippen LogP contribution in [0, 0.1) is 0 Å². The molecule has 0 saturated heterocycles. The van der Waals surface area contributed by atoms with Crippen LogP contribution in [0.5, 0.6) is 0 Å². The third kappa shape index (κ3) is 8.83. The molecule has 0 bridgehead atoms. The van der Waals surface area contributed by atoms with Crippen LogP contribution in [0.15, 0.2) is 36.7 Å².